The topological polar surface area (TPSA) is 61.0 Å². The minimum absolute atomic E-state index is 0.108. The molecule has 0 atom stereocenters. The third kappa shape index (κ3) is 4.14. The summed E-state index contributed by atoms with van der Waals surface area (Å²) in [6.45, 7) is 3.44. The van der Waals surface area contributed by atoms with Crippen LogP contribution in [0.25, 0.3) is 10.9 Å². The van der Waals surface area contributed by atoms with Crippen molar-refractivity contribution in [2.45, 2.75) is 13.3 Å². The van der Waals surface area contributed by atoms with Crippen molar-refractivity contribution in [3.8, 4) is 0 Å². The molecule has 0 radical (unpaired) electrons. The van der Waals surface area contributed by atoms with Gasteiger partial charge in [-0.25, -0.2) is 0 Å². The first-order valence-corrected chi connectivity index (χ1v) is 9.87. The van der Waals surface area contributed by atoms with Gasteiger partial charge >= 0.3 is 0 Å². The minimum Gasteiger partial charge on any atom is -0.361 e. The van der Waals surface area contributed by atoms with Gasteiger partial charge in [0, 0.05) is 42.1 Å². The second-order valence-corrected chi connectivity index (χ2v) is 6.88. The second kappa shape index (κ2) is 8.61. The van der Waals surface area contributed by atoms with E-state index in [4.69, 9.17) is 0 Å². The van der Waals surface area contributed by atoms with E-state index in [1.807, 2.05) is 42.6 Å². The van der Waals surface area contributed by atoms with Crippen LogP contribution in [0.4, 0.5) is 11.4 Å². The molecule has 0 saturated carbocycles. The standard InChI is InChI=1S/C24H24N4O/c1-2-28(20-8-4-3-5-9-20)21-14-19(15-25-17-21)24(29)26-13-12-18-16-27-23-11-7-6-10-22(18)23/h3-11,14-17,27H,2,12-13H2,1H3,(H,26,29). The van der Waals surface area contributed by atoms with Crippen molar-refractivity contribution in [1.82, 2.24) is 15.3 Å². The molecule has 5 heteroatoms. The number of hydrogen-bond donors (Lipinski definition) is 2. The van der Waals surface area contributed by atoms with Crippen molar-refractivity contribution in [1.29, 1.82) is 0 Å². The summed E-state index contributed by atoms with van der Waals surface area (Å²) in [5.74, 6) is -0.108. The zero-order valence-corrected chi connectivity index (χ0v) is 16.4. The summed E-state index contributed by atoms with van der Waals surface area (Å²) < 4.78 is 0. The van der Waals surface area contributed by atoms with Crippen LogP contribution in [0.3, 0.4) is 0 Å². The second-order valence-electron chi connectivity index (χ2n) is 6.88. The first-order valence-electron chi connectivity index (χ1n) is 9.87. The Kier molecular flexibility index (Phi) is 5.56. The van der Waals surface area contributed by atoms with Crippen LogP contribution in [0.5, 0.6) is 0 Å². The highest BCUT2D eigenvalue weighted by molar-refractivity contribution is 5.95. The molecule has 0 spiro atoms. The maximum absolute atomic E-state index is 12.7. The summed E-state index contributed by atoms with van der Waals surface area (Å²) >= 11 is 0. The molecule has 5 nitrogen and oxygen atoms in total. The number of carbonyl (C=O) groups excluding carboxylic acids is 1. The summed E-state index contributed by atoms with van der Waals surface area (Å²) in [5, 5.41) is 4.22. The zero-order chi connectivity index (χ0) is 20.1. The SMILES string of the molecule is CCN(c1ccccc1)c1cncc(C(=O)NCCc2c[nH]c3ccccc23)c1. The lowest BCUT2D eigenvalue weighted by Gasteiger charge is -2.23. The minimum atomic E-state index is -0.108. The van der Waals surface area contributed by atoms with Crippen LogP contribution in [0, 0.1) is 0 Å². The number of aromatic nitrogens is 2. The van der Waals surface area contributed by atoms with Gasteiger partial charge in [-0.2, -0.15) is 0 Å². The van der Waals surface area contributed by atoms with Crippen LogP contribution < -0.4 is 10.2 Å². The Hall–Kier alpha value is -3.60. The summed E-state index contributed by atoms with van der Waals surface area (Å²) in [6, 6.07) is 20.2. The van der Waals surface area contributed by atoms with Gasteiger partial charge in [-0.05, 0) is 43.2 Å². The van der Waals surface area contributed by atoms with E-state index < -0.39 is 0 Å². The molecule has 29 heavy (non-hydrogen) atoms. The molecule has 146 valence electrons. The summed E-state index contributed by atoms with van der Waals surface area (Å²) in [7, 11) is 0. The molecule has 0 bridgehead atoms. The summed E-state index contributed by atoms with van der Waals surface area (Å²) in [5.41, 5.74) is 4.87. The Morgan fingerprint density at radius 2 is 1.83 bits per heavy atom. The first-order chi connectivity index (χ1) is 14.3. The molecule has 0 fully saturated rings. The molecule has 2 aromatic carbocycles. The van der Waals surface area contributed by atoms with Gasteiger partial charge < -0.3 is 15.2 Å². The van der Waals surface area contributed by atoms with E-state index in [1.54, 1.807) is 12.4 Å². The lowest BCUT2D eigenvalue weighted by molar-refractivity contribution is 0.0954. The number of hydrogen-bond acceptors (Lipinski definition) is 3. The van der Waals surface area contributed by atoms with Gasteiger partial charge in [0.25, 0.3) is 5.91 Å². The monoisotopic (exact) mass is 384 g/mol. The lowest BCUT2D eigenvalue weighted by atomic mass is 10.1. The van der Waals surface area contributed by atoms with Gasteiger partial charge in [0.1, 0.15) is 0 Å². The van der Waals surface area contributed by atoms with E-state index >= 15 is 0 Å². The van der Waals surface area contributed by atoms with Crippen LogP contribution in [-0.2, 0) is 6.42 Å². The van der Waals surface area contributed by atoms with E-state index in [1.165, 1.54) is 10.9 Å². The van der Waals surface area contributed by atoms with Crippen molar-refractivity contribution in [2.24, 2.45) is 0 Å². The average Bonchev–Trinajstić information content (AvgIpc) is 3.18. The Morgan fingerprint density at radius 1 is 1.03 bits per heavy atom. The van der Waals surface area contributed by atoms with Gasteiger partial charge in [-0.3, -0.25) is 9.78 Å². The first kappa shape index (κ1) is 18.7. The number of nitrogens with zero attached hydrogens (tertiary/aromatic N) is 2. The fraction of sp³-hybridized carbons (Fsp3) is 0.167. The molecular formula is C24H24N4O. The van der Waals surface area contributed by atoms with Crippen LogP contribution in [0.1, 0.15) is 22.8 Å². The number of amides is 1. The number of aromatic amines is 1. The molecule has 2 heterocycles. The van der Waals surface area contributed by atoms with E-state index in [2.05, 4.69) is 51.4 Å². The largest absolute Gasteiger partial charge is 0.361 e. The molecule has 0 aliphatic carbocycles. The van der Waals surface area contributed by atoms with Crippen molar-refractivity contribution in [3.63, 3.8) is 0 Å². The van der Waals surface area contributed by atoms with Gasteiger partial charge in [0.2, 0.25) is 0 Å². The number of anilines is 2. The molecule has 0 aliphatic rings. The molecule has 4 aromatic rings. The molecule has 4 rings (SSSR count). The molecular weight excluding hydrogens is 360 g/mol. The zero-order valence-electron chi connectivity index (χ0n) is 16.4. The van der Waals surface area contributed by atoms with Crippen LogP contribution in [0.2, 0.25) is 0 Å². The maximum atomic E-state index is 12.7. The van der Waals surface area contributed by atoms with E-state index in [-0.39, 0.29) is 5.91 Å². The van der Waals surface area contributed by atoms with Crippen molar-refractivity contribution >= 4 is 28.2 Å². The highest BCUT2D eigenvalue weighted by atomic mass is 16.1. The van der Waals surface area contributed by atoms with Crippen molar-refractivity contribution in [3.05, 3.63) is 90.4 Å². The number of H-pyrrole nitrogens is 1. The molecule has 2 aromatic heterocycles. The fourth-order valence-corrected chi connectivity index (χ4v) is 3.57. The number of fused-ring (bicyclic) bond motifs is 1. The smallest absolute Gasteiger partial charge is 0.252 e. The number of para-hydroxylation sites is 2. The maximum Gasteiger partial charge on any atom is 0.252 e. The van der Waals surface area contributed by atoms with E-state index in [0.717, 1.165) is 29.9 Å². The Balaban J connectivity index is 1.43. The molecule has 0 aliphatic heterocycles. The third-order valence-corrected chi connectivity index (χ3v) is 5.04. The Labute approximate surface area is 170 Å². The number of pyridine rings is 1. The highest BCUT2D eigenvalue weighted by Gasteiger charge is 2.12. The average molecular weight is 384 g/mol. The van der Waals surface area contributed by atoms with E-state index in [9.17, 15) is 4.79 Å². The number of benzene rings is 2. The third-order valence-electron chi connectivity index (χ3n) is 5.04. The Morgan fingerprint density at radius 3 is 2.66 bits per heavy atom. The van der Waals surface area contributed by atoms with Gasteiger partial charge in [-0.15, -0.1) is 0 Å². The number of rotatable bonds is 7. The molecule has 2 N–H and O–H groups in total. The lowest BCUT2D eigenvalue weighted by Crippen LogP contribution is -2.26. The van der Waals surface area contributed by atoms with Crippen molar-refractivity contribution < 1.29 is 4.79 Å². The predicted octanol–water partition coefficient (Wildman–Crippen LogP) is 4.69. The van der Waals surface area contributed by atoms with Crippen molar-refractivity contribution in [2.75, 3.05) is 18.0 Å². The quantitative estimate of drug-likeness (QED) is 0.486. The Bertz CT molecular complexity index is 1100. The van der Waals surface area contributed by atoms with E-state index in [0.29, 0.717) is 12.1 Å². The molecule has 0 saturated heterocycles. The van der Waals surface area contributed by atoms with Crippen LogP contribution in [-0.4, -0.2) is 29.0 Å². The highest BCUT2D eigenvalue weighted by Crippen LogP contribution is 2.24. The number of nitrogens with one attached hydrogen (secondary N) is 2. The fourth-order valence-electron chi connectivity index (χ4n) is 3.57. The van der Waals surface area contributed by atoms with Gasteiger partial charge in [0.15, 0.2) is 0 Å². The predicted molar refractivity (Wildman–Crippen MR) is 118 cm³/mol. The molecule has 0 unspecified atom stereocenters. The van der Waals surface area contributed by atoms with Crippen LogP contribution in [0.15, 0.2) is 79.3 Å². The van der Waals surface area contributed by atoms with Gasteiger partial charge in [-0.1, -0.05) is 36.4 Å². The molecule has 1 amide bonds. The van der Waals surface area contributed by atoms with Gasteiger partial charge in [0.05, 0.1) is 17.4 Å². The summed E-state index contributed by atoms with van der Waals surface area (Å²) in [6.07, 6.45) is 6.19. The summed E-state index contributed by atoms with van der Waals surface area (Å²) in [4.78, 5) is 22.4. The van der Waals surface area contributed by atoms with Crippen LogP contribution >= 0.6 is 0 Å². The normalized spacial score (nSPS) is 10.8. The number of carbonyl (C=O) groups is 1.